The summed E-state index contributed by atoms with van der Waals surface area (Å²) in [5, 5.41) is 11.4. The number of amides is 3. The van der Waals surface area contributed by atoms with Crippen molar-refractivity contribution in [1.82, 2.24) is 15.1 Å². The highest BCUT2D eigenvalue weighted by atomic mass is 19.4. The van der Waals surface area contributed by atoms with Crippen molar-refractivity contribution in [2.24, 2.45) is 0 Å². The Morgan fingerprint density at radius 3 is 2.08 bits per heavy atom. The van der Waals surface area contributed by atoms with Gasteiger partial charge in [0.15, 0.2) is 0 Å². The van der Waals surface area contributed by atoms with Crippen molar-refractivity contribution in [3.63, 3.8) is 0 Å². The van der Waals surface area contributed by atoms with E-state index in [9.17, 15) is 27.6 Å². The molecule has 4 aliphatic rings. The molecular formula is C39H42F3N7O4. The van der Waals surface area contributed by atoms with Gasteiger partial charge in [-0.25, -0.2) is 0 Å². The van der Waals surface area contributed by atoms with Gasteiger partial charge < -0.3 is 24.3 Å². The molecule has 14 heteroatoms. The quantitative estimate of drug-likeness (QED) is 0.236. The summed E-state index contributed by atoms with van der Waals surface area (Å²) < 4.78 is 46.3. The third-order valence-corrected chi connectivity index (χ3v) is 10.7. The number of nitriles is 1. The molecule has 0 bridgehead atoms. The molecule has 7 rings (SSSR count). The number of rotatable bonds is 10. The molecule has 3 aromatic carbocycles. The van der Waals surface area contributed by atoms with Crippen molar-refractivity contribution in [1.29, 1.82) is 5.26 Å². The van der Waals surface area contributed by atoms with E-state index in [0.29, 0.717) is 57.0 Å². The van der Waals surface area contributed by atoms with Crippen molar-refractivity contribution >= 4 is 34.8 Å². The minimum absolute atomic E-state index is 0.156. The molecule has 0 radical (unpaired) electrons. The van der Waals surface area contributed by atoms with Gasteiger partial charge in [-0.1, -0.05) is 0 Å². The van der Waals surface area contributed by atoms with E-state index in [-0.39, 0.29) is 23.8 Å². The molecule has 0 aliphatic carbocycles. The highest BCUT2D eigenvalue weighted by Crippen LogP contribution is 2.35. The third-order valence-electron chi connectivity index (χ3n) is 10.7. The second-order valence-electron chi connectivity index (χ2n) is 13.9. The number of nitrogens with zero attached hydrogens (tertiary/aromatic N) is 6. The molecule has 11 nitrogen and oxygen atoms in total. The zero-order valence-corrected chi connectivity index (χ0v) is 29.4. The Morgan fingerprint density at radius 2 is 1.42 bits per heavy atom. The van der Waals surface area contributed by atoms with Crippen molar-refractivity contribution in [2.75, 3.05) is 80.2 Å². The summed E-state index contributed by atoms with van der Waals surface area (Å²) >= 11 is 0. The van der Waals surface area contributed by atoms with Crippen LogP contribution in [0.5, 0.6) is 5.75 Å². The molecule has 3 amide bonds. The van der Waals surface area contributed by atoms with E-state index in [4.69, 9.17) is 10.00 Å². The number of fused-ring (bicyclic) bond motifs is 1. The van der Waals surface area contributed by atoms with Crippen LogP contribution in [0, 0.1) is 11.3 Å². The average Bonchev–Trinajstić information content (AvgIpc) is 3.49. The molecule has 53 heavy (non-hydrogen) atoms. The van der Waals surface area contributed by atoms with Crippen molar-refractivity contribution < 1.29 is 32.3 Å². The van der Waals surface area contributed by atoms with E-state index in [1.54, 1.807) is 17.0 Å². The number of halogens is 3. The van der Waals surface area contributed by atoms with Gasteiger partial charge in [-0.3, -0.25) is 24.6 Å². The number of anilines is 3. The Morgan fingerprint density at radius 1 is 0.792 bits per heavy atom. The Kier molecular flexibility index (Phi) is 10.5. The van der Waals surface area contributed by atoms with E-state index in [1.807, 2.05) is 41.3 Å². The van der Waals surface area contributed by atoms with Gasteiger partial charge in [0.25, 0.3) is 5.91 Å². The lowest BCUT2D eigenvalue weighted by molar-refractivity contribution is -0.138. The van der Waals surface area contributed by atoms with Crippen LogP contribution < -0.4 is 24.8 Å². The van der Waals surface area contributed by atoms with E-state index in [2.05, 4.69) is 26.1 Å². The van der Waals surface area contributed by atoms with E-state index in [0.717, 1.165) is 74.3 Å². The second kappa shape index (κ2) is 15.4. The highest BCUT2D eigenvalue weighted by molar-refractivity contribution is 6.05. The zero-order chi connectivity index (χ0) is 37.1. The number of hydrogen-bond acceptors (Lipinski definition) is 9. The van der Waals surface area contributed by atoms with Crippen LogP contribution in [-0.4, -0.2) is 99.1 Å². The Balaban J connectivity index is 0.800. The normalized spacial score (nSPS) is 19.7. The molecule has 0 saturated carbocycles. The van der Waals surface area contributed by atoms with Gasteiger partial charge in [-0.05, 0) is 92.0 Å². The Bertz CT molecular complexity index is 1880. The number of piperidine rings is 1. The smallest absolute Gasteiger partial charge is 0.417 e. The molecule has 4 aliphatic heterocycles. The molecule has 3 aromatic rings. The molecule has 278 valence electrons. The predicted molar refractivity (Wildman–Crippen MR) is 193 cm³/mol. The van der Waals surface area contributed by atoms with Crippen LogP contribution in [0.2, 0.25) is 0 Å². The van der Waals surface area contributed by atoms with Crippen molar-refractivity contribution in [3.05, 3.63) is 82.9 Å². The van der Waals surface area contributed by atoms with E-state index in [1.165, 1.54) is 6.07 Å². The molecular weight excluding hydrogens is 687 g/mol. The summed E-state index contributed by atoms with van der Waals surface area (Å²) in [7, 11) is 0. The molecule has 3 saturated heterocycles. The monoisotopic (exact) mass is 729 g/mol. The lowest BCUT2D eigenvalue weighted by atomic mass is 10.0. The summed E-state index contributed by atoms with van der Waals surface area (Å²) in [5.74, 6) is -0.0452. The van der Waals surface area contributed by atoms with Gasteiger partial charge in [0.2, 0.25) is 11.8 Å². The highest BCUT2D eigenvalue weighted by Gasteiger charge is 2.39. The van der Waals surface area contributed by atoms with Crippen LogP contribution in [0.25, 0.3) is 0 Å². The van der Waals surface area contributed by atoms with Crippen LogP contribution in [-0.2, 0) is 22.3 Å². The van der Waals surface area contributed by atoms with Crippen molar-refractivity contribution in [3.8, 4) is 11.8 Å². The maximum Gasteiger partial charge on any atom is 0.417 e. The van der Waals surface area contributed by atoms with Crippen LogP contribution in [0.4, 0.5) is 30.2 Å². The molecule has 0 spiro atoms. The summed E-state index contributed by atoms with van der Waals surface area (Å²) in [5.41, 5.74) is 2.87. The first kappa shape index (κ1) is 36.1. The fraction of sp³-hybridized carbons (Fsp3) is 0.436. The van der Waals surface area contributed by atoms with Crippen LogP contribution >= 0.6 is 0 Å². The molecule has 4 heterocycles. The van der Waals surface area contributed by atoms with Gasteiger partial charge in [0.1, 0.15) is 11.8 Å². The number of carbonyl (C=O) groups is 3. The number of alkyl halides is 3. The second-order valence-corrected chi connectivity index (χ2v) is 13.9. The minimum atomic E-state index is -4.58. The SMILES string of the molecule is N#Cc1ccc(N2CCN(c3ccc(OCCCCN4CCN(c5ccc6c(c5)CN(C5CCC(=O)NC5=O)C6=O)CC4)cc3)CC2)cc1C(F)(F)F. The number of hydrogen-bond donors (Lipinski definition) is 1. The predicted octanol–water partition coefficient (Wildman–Crippen LogP) is 4.65. The van der Waals surface area contributed by atoms with E-state index >= 15 is 0 Å². The average molecular weight is 730 g/mol. The van der Waals surface area contributed by atoms with Gasteiger partial charge in [0.05, 0.1) is 23.8 Å². The number of nitrogens with one attached hydrogen (secondary N) is 1. The summed E-state index contributed by atoms with van der Waals surface area (Å²) in [6.07, 6.45) is -2.04. The van der Waals surface area contributed by atoms with Gasteiger partial charge in [0, 0.05) is 87.9 Å². The first-order valence-electron chi connectivity index (χ1n) is 18.2. The lowest BCUT2D eigenvalue weighted by Gasteiger charge is -2.37. The molecule has 0 aromatic heterocycles. The third kappa shape index (κ3) is 8.05. The van der Waals surface area contributed by atoms with Crippen LogP contribution in [0.3, 0.4) is 0 Å². The number of imide groups is 1. The fourth-order valence-electron chi connectivity index (χ4n) is 7.65. The summed E-state index contributed by atoms with van der Waals surface area (Å²) in [4.78, 5) is 47.5. The summed E-state index contributed by atoms with van der Waals surface area (Å²) in [6.45, 7) is 8.09. The van der Waals surface area contributed by atoms with Crippen molar-refractivity contribution in [2.45, 2.75) is 44.4 Å². The maximum absolute atomic E-state index is 13.4. The number of piperazine rings is 2. The van der Waals surface area contributed by atoms with Gasteiger partial charge >= 0.3 is 6.18 Å². The Labute approximate surface area is 306 Å². The molecule has 3 fully saturated rings. The molecule has 1 N–H and O–H groups in total. The number of carbonyl (C=O) groups excluding carboxylic acids is 3. The Hall–Kier alpha value is -5.29. The maximum atomic E-state index is 13.4. The zero-order valence-electron chi connectivity index (χ0n) is 29.4. The van der Waals surface area contributed by atoms with Crippen LogP contribution in [0.15, 0.2) is 60.7 Å². The first-order valence-corrected chi connectivity index (χ1v) is 18.2. The fourth-order valence-corrected chi connectivity index (χ4v) is 7.65. The summed E-state index contributed by atoms with van der Waals surface area (Å²) in [6, 6.07) is 18.8. The van der Waals surface area contributed by atoms with Gasteiger partial charge in [-0.15, -0.1) is 0 Å². The van der Waals surface area contributed by atoms with E-state index < -0.39 is 23.7 Å². The number of ether oxygens (including phenoxy) is 1. The molecule has 1 atom stereocenters. The largest absolute Gasteiger partial charge is 0.494 e. The van der Waals surface area contributed by atoms with Crippen LogP contribution in [0.1, 0.15) is 52.7 Å². The minimum Gasteiger partial charge on any atom is -0.494 e. The standard InChI is InChI=1S/C39H42F3N7O4/c40-39(41,42)34-24-31(4-3-27(34)25-43)48-20-18-46(19-21-48)29-5-8-32(9-6-29)53-22-2-1-13-45-14-16-47(17-15-45)30-7-10-33-28(23-30)26-49(38(33)52)35-11-12-36(50)44-37(35)51/h3-10,23-24,35H,1-2,11-22,26H2,(H,44,50,51). The first-order chi connectivity index (χ1) is 25.6. The van der Waals surface area contributed by atoms with Gasteiger partial charge in [-0.2, -0.15) is 18.4 Å². The topological polar surface area (TPSA) is 112 Å². The lowest BCUT2D eigenvalue weighted by Crippen LogP contribution is -2.52. The number of benzene rings is 3. The number of unbranched alkanes of at least 4 members (excludes halogenated alkanes) is 1. The molecule has 1 unspecified atom stereocenters.